The lowest BCUT2D eigenvalue weighted by molar-refractivity contribution is 0.0522. The molecule has 80 valence electrons. The summed E-state index contributed by atoms with van der Waals surface area (Å²) in [6, 6.07) is 0. The van der Waals surface area contributed by atoms with Crippen molar-refractivity contribution in [2.75, 3.05) is 12.9 Å². The molecule has 1 heterocycles. The van der Waals surface area contributed by atoms with Crippen LogP contribution < -0.4 is 0 Å². The van der Waals surface area contributed by atoms with Crippen LogP contribution in [0.5, 0.6) is 0 Å². The highest BCUT2D eigenvalue weighted by Gasteiger charge is 2.14. The number of hydrogen-bond donors (Lipinski definition) is 0. The Bertz CT molecular complexity index is 382. The van der Waals surface area contributed by atoms with Crippen molar-refractivity contribution in [2.24, 2.45) is 0 Å². The zero-order valence-electron chi connectivity index (χ0n) is 8.39. The van der Waals surface area contributed by atoms with Gasteiger partial charge in [0.25, 0.3) is 0 Å². The zero-order chi connectivity index (χ0) is 11.3. The molecule has 0 amide bonds. The van der Waals surface area contributed by atoms with Gasteiger partial charge in [0.05, 0.1) is 6.61 Å². The van der Waals surface area contributed by atoms with Gasteiger partial charge in [-0.3, -0.25) is 4.79 Å². The Hall–Kier alpha value is -1.43. The zero-order valence-corrected chi connectivity index (χ0v) is 9.21. The van der Waals surface area contributed by atoms with Gasteiger partial charge >= 0.3 is 5.97 Å². The third kappa shape index (κ3) is 2.76. The van der Waals surface area contributed by atoms with Crippen molar-refractivity contribution >= 4 is 24.0 Å². The monoisotopic (exact) mass is 226 g/mol. The summed E-state index contributed by atoms with van der Waals surface area (Å²) in [5.74, 6) is -0.577. The lowest BCUT2D eigenvalue weighted by atomic mass is 10.2. The number of carbonyl (C=O) groups excluding carboxylic acids is 2. The van der Waals surface area contributed by atoms with Crippen LogP contribution in [0.3, 0.4) is 0 Å². The minimum atomic E-state index is -0.577. The number of esters is 1. The van der Waals surface area contributed by atoms with Gasteiger partial charge in [0.15, 0.2) is 11.4 Å². The number of aldehydes is 1. The molecule has 5 nitrogen and oxygen atoms in total. The smallest absolute Gasteiger partial charge is 0.342 e. The van der Waals surface area contributed by atoms with Crippen molar-refractivity contribution in [3.8, 4) is 0 Å². The van der Waals surface area contributed by atoms with Crippen LogP contribution in [-0.2, 0) is 4.74 Å². The number of nitrogens with zero attached hydrogens (tertiary/aromatic N) is 2. The van der Waals surface area contributed by atoms with Gasteiger partial charge in [-0.2, -0.15) is 0 Å². The summed E-state index contributed by atoms with van der Waals surface area (Å²) >= 11 is 1.30. The van der Waals surface area contributed by atoms with Gasteiger partial charge in [0, 0.05) is 6.20 Å². The molecule has 0 aromatic carbocycles. The third-order valence-electron chi connectivity index (χ3n) is 1.59. The first-order valence-corrected chi connectivity index (χ1v) is 5.48. The van der Waals surface area contributed by atoms with Crippen molar-refractivity contribution in [3.63, 3.8) is 0 Å². The summed E-state index contributed by atoms with van der Waals surface area (Å²) in [6.45, 7) is 1.94. The predicted molar refractivity (Wildman–Crippen MR) is 55.2 cm³/mol. The number of hydrogen-bond acceptors (Lipinski definition) is 6. The third-order valence-corrected chi connectivity index (χ3v) is 2.15. The Labute approximate surface area is 91.3 Å². The lowest BCUT2D eigenvalue weighted by Crippen LogP contribution is -2.10. The number of rotatable bonds is 4. The van der Waals surface area contributed by atoms with Gasteiger partial charge < -0.3 is 4.74 Å². The summed E-state index contributed by atoms with van der Waals surface area (Å²) < 4.78 is 4.76. The van der Waals surface area contributed by atoms with Crippen LogP contribution in [0.25, 0.3) is 0 Å². The van der Waals surface area contributed by atoms with E-state index in [0.29, 0.717) is 11.4 Å². The molecule has 0 saturated heterocycles. The van der Waals surface area contributed by atoms with Crippen molar-refractivity contribution in [3.05, 3.63) is 17.5 Å². The molecule has 0 aliphatic carbocycles. The molecule has 0 saturated carbocycles. The second-order valence-electron chi connectivity index (χ2n) is 2.49. The van der Waals surface area contributed by atoms with E-state index in [-0.39, 0.29) is 17.9 Å². The average Bonchev–Trinajstić information content (AvgIpc) is 2.28. The van der Waals surface area contributed by atoms with Gasteiger partial charge in [-0.05, 0) is 13.2 Å². The standard InChI is InChI=1S/C9H10N2O3S/c1-3-14-8(13)6-4-10-9(15-2)11-7(6)5-12/h4-5H,3H2,1-2H3. The molecular weight excluding hydrogens is 216 g/mol. The largest absolute Gasteiger partial charge is 0.462 e. The summed E-state index contributed by atoms with van der Waals surface area (Å²) in [7, 11) is 0. The maximum Gasteiger partial charge on any atom is 0.342 e. The number of ether oxygens (including phenoxy) is 1. The minimum absolute atomic E-state index is 0.0628. The molecule has 0 aliphatic rings. The van der Waals surface area contributed by atoms with Gasteiger partial charge in [0.1, 0.15) is 11.3 Å². The fourth-order valence-electron chi connectivity index (χ4n) is 0.932. The fourth-order valence-corrected chi connectivity index (χ4v) is 1.28. The van der Waals surface area contributed by atoms with E-state index in [4.69, 9.17) is 4.74 Å². The van der Waals surface area contributed by atoms with E-state index in [2.05, 4.69) is 9.97 Å². The summed E-state index contributed by atoms with van der Waals surface area (Å²) in [5.41, 5.74) is 0.164. The summed E-state index contributed by atoms with van der Waals surface area (Å²) in [4.78, 5) is 29.9. The quantitative estimate of drug-likeness (QED) is 0.332. The Kier molecular flexibility index (Phi) is 4.23. The second kappa shape index (κ2) is 5.45. The molecule has 1 aromatic heterocycles. The highest BCUT2D eigenvalue weighted by Crippen LogP contribution is 2.11. The molecule has 0 aliphatic heterocycles. The first-order valence-electron chi connectivity index (χ1n) is 4.26. The van der Waals surface area contributed by atoms with Crippen LogP contribution in [0.2, 0.25) is 0 Å². The Morgan fingerprint density at radius 2 is 2.40 bits per heavy atom. The average molecular weight is 226 g/mol. The highest BCUT2D eigenvalue weighted by atomic mass is 32.2. The molecule has 0 spiro atoms. The van der Waals surface area contributed by atoms with E-state index < -0.39 is 5.97 Å². The number of thioether (sulfide) groups is 1. The van der Waals surface area contributed by atoms with E-state index in [0.717, 1.165) is 0 Å². The van der Waals surface area contributed by atoms with Crippen LogP contribution in [0.4, 0.5) is 0 Å². The highest BCUT2D eigenvalue weighted by molar-refractivity contribution is 7.98. The Balaban J connectivity index is 3.07. The first kappa shape index (κ1) is 11.6. The van der Waals surface area contributed by atoms with Crippen molar-refractivity contribution in [1.29, 1.82) is 0 Å². The maximum atomic E-state index is 11.4. The molecule has 0 bridgehead atoms. The minimum Gasteiger partial charge on any atom is -0.462 e. The first-order chi connectivity index (χ1) is 7.22. The molecule has 6 heteroatoms. The molecule has 0 atom stereocenters. The van der Waals surface area contributed by atoms with Crippen LogP contribution in [0.1, 0.15) is 27.8 Å². The normalized spacial score (nSPS) is 9.73. The van der Waals surface area contributed by atoms with E-state index in [1.165, 1.54) is 18.0 Å². The van der Waals surface area contributed by atoms with E-state index in [1.54, 1.807) is 13.2 Å². The summed E-state index contributed by atoms with van der Waals surface area (Å²) in [5, 5.41) is 0.449. The topological polar surface area (TPSA) is 69.2 Å². The summed E-state index contributed by atoms with van der Waals surface area (Å²) in [6.07, 6.45) is 3.61. The van der Waals surface area contributed by atoms with Gasteiger partial charge in [0.2, 0.25) is 0 Å². The lowest BCUT2D eigenvalue weighted by Gasteiger charge is -2.03. The molecule has 1 rings (SSSR count). The van der Waals surface area contributed by atoms with Gasteiger partial charge in [-0.1, -0.05) is 11.8 Å². The Morgan fingerprint density at radius 3 is 2.93 bits per heavy atom. The fraction of sp³-hybridized carbons (Fsp3) is 0.333. The predicted octanol–water partition coefficient (Wildman–Crippen LogP) is 1.19. The number of aromatic nitrogens is 2. The molecule has 0 N–H and O–H groups in total. The molecule has 1 aromatic rings. The molecular formula is C9H10N2O3S. The van der Waals surface area contributed by atoms with Gasteiger partial charge in [-0.15, -0.1) is 0 Å². The van der Waals surface area contributed by atoms with Crippen molar-refractivity contribution in [1.82, 2.24) is 9.97 Å². The second-order valence-corrected chi connectivity index (χ2v) is 3.27. The van der Waals surface area contributed by atoms with E-state index >= 15 is 0 Å². The maximum absolute atomic E-state index is 11.4. The van der Waals surface area contributed by atoms with E-state index in [9.17, 15) is 9.59 Å². The molecule has 0 unspecified atom stereocenters. The van der Waals surface area contributed by atoms with E-state index in [1.807, 2.05) is 0 Å². The van der Waals surface area contributed by atoms with Crippen LogP contribution >= 0.6 is 11.8 Å². The van der Waals surface area contributed by atoms with Crippen LogP contribution in [0, 0.1) is 0 Å². The molecule has 0 radical (unpaired) electrons. The molecule has 15 heavy (non-hydrogen) atoms. The SMILES string of the molecule is CCOC(=O)c1cnc(SC)nc1C=O. The number of carbonyl (C=O) groups is 2. The van der Waals surface area contributed by atoms with Crippen molar-refractivity contribution < 1.29 is 14.3 Å². The van der Waals surface area contributed by atoms with Crippen LogP contribution in [-0.4, -0.2) is 35.1 Å². The van der Waals surface area contributed by atoms with Gasteiger partial charge in [-0.25, -0.2) is 14.8 Å². The molecule has 0 fully saturated rings. The Morgan fingerprint density at radius 1 is 1.67 bits per heavy atom. The van der Waals surface area contributed by atoms with Crippen LogP contribution in [0.15, 0.2) is 11.4 Å². The van der Waals surface area contributed by atoms with Crippen molar-refractivity contribution in [2.45, 2.75) is 12.1 Å².